The van der Waals surface area contributed by atoms with Gasteiger partial charge in [-0.25, -0.2) is 0 Å². The molecule has 0 radical (unpaired) electrons. The highest BCUT2D eigenvalue weighted by Crippen LogP contribution is 2.36. The third kappa shape index (κ3) is 4.56. The molecule has 1 N–H and O–H groups in total. The number of piperidine rings is 1. The number of nitrogens with zero attached hydrogens (tertiary/aromatic N) is 3. The van der Waals surface area contributed by atoms with Crippen molar-refractivity contribution >= 4 is 11.7 Å². The molecule has 1 aliphatic carbocycles. The lowest BCUT2D eigenvalue weighted by Gasteiger charge is -2.42. The first-order valence-corrected chi connectivity index (χ1v) is 10.5. The Morgan fingerprint density at radius 1 is 1.04 bits per heavy atom. The van der Waals surface area contributed by atoms with Crippen LogP contribution >= 0.6 is 0 Å². The molecular formula is C22H36N4O. The van der Waals surface area contributed by atoms with Gasteiger partial charge in [-0.3, -0.25) is 10.2 Å². The van der Waals surface area contributed by atoms with Crippen LogP contribution < -0.4 is 0 Å². The van der Waals surface area contributed by atoms with E-state index in [1.54, 1.807) is 5.57 Å². The number of nitrogens with one attached hydrogen (secondary N) is 1. The van der Waals surface area contributed by atoms with E-state index >= 15 is 0 Å². The Bertz CT molecular complexity index is 627. The molecule has 27 heavy (non-hydrogen) atoms. The Morgan fingerprint density at radius 2 is 1.67 bits per heavy atom. The molecule has 5 nitrogen and oxygen atoms in total. The van der Waals surface area contributed by atoms with Crippen molar-refractivity contribution in [1.29, 1.82) is 5.41 Å². The maximum Gasteiger partial charge on any atom is 0.225 e. The second kappa shape index (κ2) is 8.07. The minimum Gasteiger partial charge on any atom is -0.368 e. The van der Waals surface area contributed by atoms with Gasteiger partial charge in [-0.05, 0) is 49.7 Å². The molecular weight excluding hydrogens is 336 g/mol. The smallest absolute Gasteiger partial charge is 0.225 e. The van der Waals surface area contributed by atoms with E-state index in [-0.39, 0.29) is 11.3 Å². The van der Waals surface area contributed by atoms with Crippen LogP contribution in [0.1, 0.15) is 53.4 Å². The van der Waals surface area contributed by atoms with Gasteiger partial charge in [0.05, 0.1) is 5.84 Å². The highest BCUT2D eigenvalue weighted by Gasteiger charge is 2.32. The normalized spacial score (nSPS) is 22.4. The molecule has 0 unspecified atom stereocenters. The lowest BCUT2D eigenvalue weighted by atomic mass is 9.80. The van der Waals surface area contributed by atoms with Crippen LogP contribution in [-0.2, 0) is 4.79 Å². The first kappa shape index (κ1) is 20.0. The van der Waals surface area contributed by atoms with Crippen molar-refractivity contribution in [3.8, 4) is 0 Å². The molecule has 0 spiro atoms. The molecule has 2 fully saturated rings. The summed E-state index contributed by atoms with van der Waals surface area (Å²) >= 11 is 0. The fourth-order valence-corrected chi connectivity index (χ4v) is 4.59. The SMILES string of the molecule is CC(=N)N1CCC(C(=O)N2CCN(C3=C(C(C)(C)C)CCC=C3)CC2)CC1. The van der Waals surface area contributed by atoms with Gasteiger partial charge in [0.25, 0.3) is 0 Å². The number of hydrogen-bond acceptors (Lipinski definition) is 3. The van der Waals surface area contributed by atoms with Crippen molar-refractivity contribution in [2.45, 2.75) is 53.4 Å². The second-order valence-corrected chi connectivity index (χ2v) is 9.21. The molecule has 2 aliphatic heterocycles. The van der Waals surface area contributed by atoms with Gasteiger partial charge in [-0.2, -0.15) is 0 Å². The summed E-state index contributed by atoms with van der Waals surface area (Å²) in [4.78, 5) is 19.6. The molecule has 0 aromatic heterocycles. The number of amidine groups is 1. The minimum absolute atomic E-state index is 0.145. The van der Waals surface area contributed by atoms with Crippen molar-refractivity contribution in [3.63, 3.8) is 0 Å². The molecule has 0 aromatic rings. The Labute approximate surface area is 164 Å². The summed E-state index contributed by atoms with van der Waals surface area (Å²) in [5, 5.41) is 7.75. The standard InChI is InChI=1S/C22H36N4O/c1-17(23)24-11-9-18(10-12-24)21(27)26-15-13-25(14-16-26)20-8-6-5-7-19(20)22(2,3)4/h6,8,18,23H,5,7,9-16H2,1-4H3. The van der Waals surface area contributed by atoms with Gasteiger partial charge in [0.1, 0.15) is 0 Å². The van der Waals surface area contributed by atoms with Crippen LogP contribution in [0.2, 0.25) is 0 Å². The van der Waals surface area contributed by atoms with Crippen molar-refractivity contribution < 1.29 is 4.79 Å². The third-order valence-electron chi connectivity index (χ3n) is 6.30. The third-order valence-corrected chi connectivity index (χ3v) is 6.30. The van der Waals surface area contributed by atoms with Gasteiger partial charge in [0.15, 0.2) is 0 Å². The first-order chi connectivity index (χ1) is 12.8. The van der Waals surface area contributed by atoms with E-state index in [2.05, 4.69) is 47.6 Å². The Hall–Kier alpha value is -1.78. The van der Waals surface area contributed by atoms with Gasteiger partial charge in [-0.1, -0.05) is 26.8 Å². The summed E-state index contributed by atoms with van der Waals surface area (Å²) in [6.45, 7) is 14.0. The predicted octanol–water partition coefficient (Wildman–Crippen LogP) is 3.49. The van der Waals surface area contributed by atoms with Crippen LogP contribution in [0.5, 0.6) is 0 Å². The van der Waals surface area contributed by atoms with Gasteiger partial charge < -0.3 is 14.7 Å². The van der Waals surface area contributed by atoms with E-state index in [0.717, 1.165) is 65.0 Å². The summed E-state index contributed by atoms with van der Waals surface area (Å²) in [6.07, 6.45) is 8.66. The molecule has 0 aromatic carbocycles. The second-order valence-electron chi connectivity index (χ2n) is 9.21. The van der Waals surface area contributed by atoms with Gasteiger partial charge in [0, 0.05) is 50.9 Å². The summed E-state index contributed by atoms with van der Waals surface area (Å²) in [7, 11) is 0. The van der Waals surface area contributed by atoms with Gasteiger partial charge in [0.2, 0.25) is 5.91 Å². The molecule has 0 saturated carbocycles. The van der Waals surface area contributed by atoms with Crippen molar-refractivity contribution in [2.75, 3.05) is 39.3 Å². The number of piperazine rings is 1. The molecule has 2 heterocycles. The van der Waals surface area contributed by atoms with Crippen LogP contribution in [0.4, 0.5) is 0 Å². The highest BCUT2D eigenvalue weighted by atomic mass is 16.2. The first-order valence-electron chi connectivity index (χ1n) is 10.5. The van der Waals surface area contributed by atoms with Gasteiger partial charge in [-0.15, -0.1) is 0 Å². The van der Waals surface area contributed by atoms with Crippen LogP contribution in [0.25, 0.3) is 0 Å². The van der Waals surface area contributed by atoms with Crippen LogP contribution in [0.3, 0.4) is 0 Å². The van der Waals surface area contributed by atoms with Crippen LogP contribution in [-0.4, -0.2) is 65.7 Å². The molecule has 2 saturated heterocycles. The lowest BCUT2D eigenvalue weighted by molar-refractivity contribution is -0.138. The zero-order chi connectivity index (χ0) is 19.6. The zero-order valence-corrected chi connectivity index (χ0v) is 17.6. The van der Waals surface area contributed by atoms with Crippen molar-refractivity contribution in [3.05, 3.63) is 23.4 Å². The van der Waals surface area contributed by atoms with E-state index in [9.17, 15) is 4.79 Å². The Morgan fingerprint density at radius 3 is 2.22 bits per heavy atom. The average molecular weight is 373 g/mol. The Kier molecular flexibility index (Phi) is 5.97. The average Bonchev–Trinajstić information content (AvgIpc) is 2.67. The summed E-state index contributed by atoms with van der Waals surface area (Å²) < 4.78 is 0. The number of rotatable bonds is 2. The molecule has 3 rings (SSSR count). The lowest BCUT2D eigenvalue weighted by Crippen LogP contribution is -2.51. The largest absolute Gasteiger partial charge is 0.368 e. The topological polar surface area (TPSA) is 50.6 Å². The number of hydrogen-bond donors (Lipinski definition) is 1. The summed E-state index contributed by atoms with van der Waals surface area (Å²) in [5.41, 5.74) is 3.16. The van der Waals surface area contributed by atoms with E-state index in [1.807, 2.05) is 6.92 Å². The van der Waals surface area contributed by atoms with Gasteiger partial charge >= 0.3 is 0 Å². The summed E-state index contributed by atoms with van der Waals surface area (Å²) in [6, 6.07) is 0. The number of carbonyl (C=O) groups is 1. The molecule has 0 bridgehead atoms. The number of amides is 1. The molecule has 150 valence electrons. The highest BCUT2D eigenvalue weighted by molar-refractivity contribution is 5.80. The van der Waals surface area contributed by atoms with E-state index in [1.165, 1.54) is 5.70 Å². The van der Waals surface area contributed by atoms with Crippen molar-refractivity contribution in [2.24, 2.45) is 11.3 Å². The quantitative estimate of drug-likeness (QED) is 0.596. The number of carbonyl (C=O) groups excluding carboxylic acids is 1. The molecule has 1 amide bonds. The Balaban J connectivity index is 1.57. The molecule has 5 heteroatoms. The summed E-state index contributed by atoms with van der Waals surface area (Å²) in [5.74, 6) is 1.10. The molecule has 0 atom stereocenters. The zero-order valence-electron chi connectivity index (χ0n) is 17.6. The monoisotopic (exact) mass is 372 g/mol. The van der Waals surface area contributed by atoms with Crippen LogP contribution in [0.15, 0.2) is 23.4 Å². The van der Waals surface area contributed by atoms with Crippen molar-refractivity contribution in [1.82, 2.24) is 14.7 Å². The molecule has 3 aliphatic rings. The predicted molar refractivity (Wildman–Crippen MR) is 111 cm³/mol. The fourth-order valence-electron chi connectivity index (χ4n) is 4.59. The number of likely N-dealkylation sites (tertiary alicyclic amines) is 1. The van der Waals surface area contributed by atoms with E-state index in [4.69, 9.17) is 5.41 Å². The maximum absolute atomic E-state index is 12.9. The maximum atomic E-state index is 12.9. The van der Waals surface area contributed by atoms with E-state index < -0.39 is 0 Å². The fraction of sp³-hybridized carbons (Fsp3) is 0.727. The van der Waals surface area contributed by atoms with Crippen LogP contribution in [0, 0.1) is 16.7 Å². The van der Waals surface area contributed by atoms with E-state index in [0.29, 0.717) is 11.7 Å². The minimum atomic E-state index is 0.145. The number of allylic oxidation sites excluding steroid dienone is 3.